The highest BCUT2D eigenvalue weighted by atomic mass is 15.2. The topological polar surface area (TPSA) is 29.3 Å². The summed E-state index contributed by atoms with van der Waals surface area (Å²) in [4.78, 5) is 2.46. The van der Waals surface area contributed by atoms with E-state index in [1.165, 1.54) is 16.7 Å². The van der Waals surface area contributed by atoms with Gasteiger partial charge in [0.25, 0.3) is 0 Å². The summed E-state index contributed by atoms with van der Waals surface area (Å²) in [5.74, 6) is 0. The van der Waals surface area contributed by atoms with E-state index in [1.807, 2.05) is 0 Å². The van der Waals surface area contributed by atoms with E-state index >= 15 is 0 Å². The highest BCUT2D eigenvalue weighted by molar-refractivity contribution is 5.37. The van der Waals surface area contributed by atoms with Crippen molar-refractivity contribution in [2.24, 2.45) is 5.73 Å². The molecule has 2 N–H and O–H groups in total. The maximum atomic E-state index is 5.74. The van der Waals surface area contributed by atoms with Gasteiger partial charge in [-0.3, -0.25) is 4.90 Å². The van der Waals surface area contributed by atoms with Crippen molar-refractivity contribution in [2.75, 3.05) is 6.54 Å². The van der Waals surface area contributed by atoms with Gasteiger partial charge in [-0.2, -0.15) is 0 Å². The number of hydrogen-bond acceptors (Lipinski definition) is 2. The Labute approximate surface area is 105 Å². The minimum atomic E-state index is 0.238. The van der Waals surface area contributed by atoms with E-state index in [9.17, 15) is 0 Å². The van der Waals surface area contributed by atoms with E-state index in [2.05, 4.69) is 50.8 Å². The molecule has 0 spiro atoms. The number of benzene rings is 1. The van der Waals surface area contributed by atoms with Crippen molar-refractivity contribution in [2.45, 2.75) is 52.2 Å². The second-order valence-corrected chi connectivity index (χ2v) is 6.22. The molecule has 0 saturated carbocycles. The van der Waals surface area contributed by atoms with Crippen LogP contribution in [0.3, 0.4) is 0 Å². The van der Waals surface area contributed by atoms with Gasteiger partial charge in [0.2, 0.25) is 0 Å². The van der Waals surface area contributed by atoms with Crippen LogP contribution < -0.4 is 5.73 Å². The number of rotatable bonds is 2. The van der Waals surface area contributed by atoms with Crippen LogP contribution in [-0.2, 0) is 18.5 Å². The summed E-state index contributed by atoms with van der Waals surface area (Å²) in [7, 11) is 0. The largest absolute Gasteiger partial charge is 0.329 e. The van der Waals surface area contributed by atoms with Crippen LogP contribution in [0.4, 0.5) is 0 Å². The minimum absolute atomic E-state index is 0.238. The van der Waals surface area contributed by atoms with Crippen molar-refractivity contribution in [3.63, 3.8) is 0 Å². The van der Waals surface area contributed by atoms with Gasteiger partial charge >= 0.3 is 0 Å². The summed E-state index contributed by atoms with van der Waals surface area (Å²) in [6.07, 6.45) is 0. The predicted octanol–water partition coefficient (Wildman–Crippen LogP) is 2.65. The van der Waals surface area contributed by atoms with Gasteiger partial charge in [-0.05, 0) is 29.0 Å². The fourth-order valence-electron chi connectivity index (χ4n) is 2.35. The van der Waals surface area contributed by atoms with E-state index in [4.69, 9.17) is 5.73 Å². The monoisotopic (exact) mass is 232 g/mol. The van der Waals surface area contributed by atoms with Crippen LogP contribution in [0.2, 0.25) is 0 Å². The Bertz CT molecular complexity index is 404. The molecule has 1 unspecified atom stereocenters. The Kier molecular flexibility index (Phi) is 3.28. The van der Waals surface area contributed by atoms with E-state index in [1.54, 1.807) is 0 Å². The SMILES string of the molecule is CC(CN)N1Cc2ccc(C(C)(C)C)cc2C1. The first-order chi connectivity index (χ1) is 7.91. The van der Waals surface area contributed by atoms with Crippen LogP contribution in [0.5, 0.6) is 0 Å². The average molecular weight is 232 g/mol. The summed E-state index contributed by atoms with van der Waals surface area (Å²) >= 11 is 0. The molecule has 2 rings (SSSR count). The lowest BCUT2D eigenvalue weighted by Crippen LogP contribution is -2.34. The van der Waals surface area contributed by atoms with Crippen molar-refractivity contribution in [3.05, 3.63) is 34.9 Å². The molecule has 2 heteroatoms. The lowest BCUT2D eigenvalue weighted by molar-refractivity contribution is 0.218. The molecule has 1 aliphatic rings. The van der Waals surface area contributed by atoms with Crippen molar-refractivity contribution in [1.29, 1.82) is 0 Å². The maximum Gasteiger partial charge on any atom is 0.0243 e. The standard InChI is InChI=1S/C15H24N2/c1-11(8-16)17-9-12-5-6-14(15(2,3)4)7-13(12)10-17/h5-7,11H,8-10,16H2,1-4H3. The first kappa shape index (κ1) is 12.6. The molecule has 0 amide bonds. The molecule has 1 aliphatic heterocycles. The summed E-state index contributed by atoms with van der Waals surface area (Å²) < 4.78 is 0. The van der Waals surface area contributed by atoms with E-state index in [0.29, 0.717) is 6.04 Å². The zero-order valence-electron chi connectivity index (χ0n) is 11.5. The van der Waals surface area contributed by atoms with Crippen molar-refractivity contribution < 1.29 is 0 Å². The fourth-order valence-corrected chi connectivity index (χ4v) is 2.35. The van der Waals surface area contributed by atoms with Crippen LogP contribution in [0.1, 0.15) is 44.4 Å². The molecule has 0 aliphatic carbocycles. The summed E-state index contributed by atoms with van der Waals surface area (Å²) in [5.41, 5.74) is 10.4. The molecule has 2 nitrogen and oxygen atoms in total. The van der Waals surface area contributed by atoms with Gasteiger partial charge < -0.3 is 5.73 Å². The van der Waals surface area contributed by atoms with Gasteiger partial charge in [0.1, 0.15) is 0 Å². The van der Waals surface area contributed by atoms with Gasteiger partial charge in [0, 0.05) is 25.7 Å². The Morgan fingerprint density at radius 2 is 1.88 bits per heavy atom. The molecule has 0 bridgehead atoms. The number of nitrogens with two attached hydrogens (primary N) is 1. The third-order valence-corrected chi connectivity index (χ3v) is 3.78. The second kappa shape index (κ2) is 4.43. The smallest absolute Gasteiger partial charge is 0.0243 e. The van der Waals surface area contributed by atoms with Gasteiger partial charge in [0.05, 0.1) is 0 Å². The number of nitrogens with zero attached hydrogens (tertiary/aromatic N) is 1. The van der Waals surface area contributed by atoms with E-state index in [-0.39, 0.29) is 5.41 Å². The third kappa shape index (κ3) is 2.53. The summed E-state index contributed by atoms with van der Waals surface area (Å²) in [5, 5.41) is 0. The van der Waals surface area contributed by atoms with Crippen LogP contribution in [0, 0.1) is 0 Å². The molecule has 0 aromatic heterocycles. The van der Waals surface area contributed by atoms with Crippen LogP contribution in [0.25, 0.3) is 0 Å². The van der Waals surface area contributed by atoms with E-state index in [0.717, 1.165) is 19.6 Å². The Morgan fingerprint density at radius 3 is 2.47 bits per heavy atom. The number of hydrogen-bond donors (Lipinski definition) is 1. The molecule has 0 fully saturated rings. The molecule has 0 radical (unpaired) electrons. The molecule has 1 aromatic carbocycles. The molecule has 0 saturated heterocycles. The molecule has 17 heavy (non-hydrogen) atoms. The maximum absolute atomic E-state index is 5.74. The molecular weight excluding hydrogens is 208 g/mol. The Balaban J connectivity index is 2.22. The predicted molar refractivity (Wildman–Crippen MR) is 72.9 cm³/mol. The van der Waals surface area contributed by atoms with Crippen molar-refractivity contribution in [1.82, 2.24) is 4.90 Å². The zero-order valence-corrected chi connectivity index (χ0v) is 11.5. The second-order valence-electron chi connectivity index (χ2n) is 6.22. The van der Waals surface area contributed by atoms with Crippen molar-refractivity contribution >= 4 is 0 Å². The van der Waals surface area contributed by atoms with Gasteiger partial charge in [-0.25, -0.2) is 0 Å². The van der Waals surface area contributed by atoms with Crippen LogP contribution in [-0.4, -0.2) is 17.5 Å². The quantitative estimate of drug-likeness (QED) is 0.849. The Morgan fingerprint density at radius 1 is 1.24 bits per heavy atom. The van der Waals surface area contributed by atoms with Gasteiger partial charge in [0.15, 0.2) is 0 Å². The summed E-state index contributed by atoms with van der Waals surface area (Å²) in [6.45, 7) is 11.9. The molecule has 1 heterocycles. The lowest BCUT2D eigenvalue weighted by atomic mass is 9.85. The fraction of sp³-hybridized carbons (Fsp3) is 0.600. The van der Waals surface area contributed by atoms with Crippen LogP contribution in [0.15, 0.2) is 18.2 Å². The highest BCUT2D eigenvalue weighted by Crippen LogP contribution is 2.30. The van der Waals surface area contributed by atoms with Gasteiger partial charge in [-0.1, -0.05) is 39.0 Å². The summed E-state index contributed by atoms with van der Waals surface area (Å²) in [6, 6.07) is 7.41. The average Bonchev–Trinajstić information content (AvgIpc) is 2.69. The minimum Gasteiger partial charge on any atom is -0.329 e. The Hall–Kier alpha value is -0.860. The van der Waals surface area contributed by atoms with Gasteiger partial charge in [-0.15, -0.1) is 0 Å². The lowest BCUT2D eigenvalue weighted by Gasteiger charge is -2.22. The number of fused-ring (bicyclic) bond motifs is 1. The first-order valence-electron chi connectivity index (χ1n) is 6.48. The molecule has 1 aromatic rings. The van der Waals surface area contributed by atoms with E-state index < -0.39 is 0 Å². The van der Waals surface area contributed by atoms with Crippen molar-refractivity contribution in [3.8, 4) is 0 Å². The highest BCUT2D eigenvalue weighted by Gasteiger charge is 2.24. The first-order valence-corrected chi connectivity index (χ1v) is 6.48. The molecule has 94 valence electrons. The molecule has 1 atom stereocenters. The molecular formula is C15H24N2. The van der Waals surface area contributed by atoms with Crippen LogP contribution >= 0.6 is 0 Å². The zero-order chi connectivity index (χ0) is 12.6. The third-order valence-electron chi connectivity index (χ3n) is 3.78. The normalized spacial score (nSPS) is 18.2.